The third-order valence-corrected chi connectivity index (χ3v) is 14.1. The van der Waals surface area contributed by atoms with Crippen LogP contribution in [0.25, 0.3) is 0 Å². The number of carboxylic acid groups (broad SMARTS) is 3. The lowest BCUT2D eigenvalue weighted by atomic mass is 9.87. The number of carbonyl (C=O) groups is 4. The fraction of sp³-hybridized carbons (Fsp3) is 0.590. The van der Waals surface area contributed by atoms with Crippen molar-refractivity contribution >= 4 is 57.8 Å². The van der Waals surface area contributed by atoms with E-state index in [9.17, 15) is 34.5 Å². The molecule has 6 N–H and O–H groups in total. The van der Waals surface area contributed by atoms with Gasteiger partial charge in [-0.15, -0.1) is 34.0 Å². The molecule has 6 heterocycles. The van der Waals surface area contributed by atoms with Crippen molar-refractivity contribution in [3.05, 3.63) is 65.7 Å². The molecule has 0 aromatic carbocycles. The van der Waals surface area contributed by atoms with Gasteiger partial charge in [0.15, 0.2) is 0 Å². The van der Waals surface area contributed by atoms with Crippen LogP contribution in [0, 0.1) is 35.5 Å². The zero-order chi connectivity index (χ0) is 38.0. The summed E-state index contributed by atoms with van der Waals surface area (Å²) < 4.78 is 6.08. The molecule has 3 aromatic heterocycles. The Morgan fingerprint density at radius 3 is 1.54 bits per heavy atom. The minimum absolute atomic E-state index is 0.0586. The number of rotatable bonds is 21. The summed E-state index contributed by atoms with van der Waals surface area (Å²) in [7, 11) is 0. The van der Waals surface area contributed by atoms with Gasteiger partial charge in [-0.2, -0.15) is 0 Å². The number of carbonyl (C=O) groups excluding carboxylic acids is 1. The summed E-state index contributed by atoms with van der Waals surface area (Å²) in [6.07, 6.45) is 4.15. The Morgan fingerprint density at radius 1 is 0.667 bits per heavy atom. The molecule has 0 bridgehead atoms. The molecule has 3 aliphatic rings. The molecule has 6 atom stereocenters. The Morgan fingerprint density at radius 2 is 1.09 bits per heavy atom. The molecule has 3 aromatic rings. The summed E-state index contributed by atoms with van der Waals surface area (Å²) in [5, 5.41) is 45.5. The van der Waals surface area contributed by atoms with Gasteiger partial charge in [0.05, 0.1) is 43.9 Å². The van der Waals surface area contributed by atoms with Crippen LogP contribution in [0.2, 0.25) is 0 Å². The van der Waals surface area contributed by atoms with Crippen molar-refractivity contribution in [1.82, 2.24) is 20.9 Å². The Hall–Kier alpha value is -3.18. The van der Waals surface area contributed by atoms with E-state index in [1.54, 1.807) is 16.2 Å². The summed E-state index contributed by atoms with van der Waals surface area (Å²) in [6, 6.07) is 6.02. The summed E-state index contributed by atoms with van der Waals surface area (Å²) in [5.74, 6) is -3.40. The van der Waals surface area contributed by atoms with E-state index in [-0.39, 0.29) is 30.1 Å². The minimum atomic E-state index is -0.784. The van der Waals surface area contributed by atoms with Crippen LogP contribution in [0.1, 0.15) is 50.6 Å². The van der Waals surface area contributed by atoms with E-state index in [1.165, 1.54) is 22.7 Å². The van der Waals surface area contributed by atoms with Crippen LogP contribution >= 0.6 is 34.0 Å². The molecule has 54 heavy (non-hydrogen) atoms. The van der Waals surface area contributed by atoms with Gasteiger partial charge >= 0.3 is 17.9 Å². The van der Waals surface area contributed by atoms with Gasteiger partial charge in [-0.1, -0.05) is 0 Å². The maximum atomic E-state index is 13.9. The maximum Gasteiger partial charge on any atom is 0.307 e. The Bertz CT molecular complexity index is 1710. The SMILES string of the molecule is O=C(O)[C@@H](Cc1csc(COCCN(Cc2cc(C[C@H](C(=O)O)[C@H]3CCNC3)cs2)C(=O)Cc2cc(C[C@H](C(=O)O)[C@H]3CCNC3)cs2)c1)[C@H]1CCNC1. The third-order valence-electron chi connectivity index (χ3n) is 11.2. The number of nitrogens with zero attached hydrogens (tertiary/aromatic N) is 1. The minimum Gasteiger partial charge on any atom is -0.481 e. The zero-order valence-electron chi connectivity index (χ0n) is 30.5. The number of nitrogens with one attached hydrogen (secondary N) is 3. The van der Waals surface area contributed by atoms with Crippen LogP contribution in [0.15, 0.2) is 34.3 Å². The highest BCUT2D eigenvalue weighted by atomic mass is 32.1. The lowest BCUT2D eigenvalue weighted by molar-refractivity contribution is -0.144. The molecule has 0 unspecified atom stereocenters. The second kappa shape index (κ2) is 19.6. The van der Waals surface area contributed by atoms with Crippen LogP contribution in [0.4, 0.5) is 0 Å². The molecular weight excluding hydrogens is 749 g/mol. The number of aliphatic carboxylic acids is 3. The standard InChI is InChI=1S/C39H52N4O8S3/c44-36(15-30-9-24(21-52-30)12-33(37(45)46)27-1-4-40-16-27)43(19-31-10-25(22-53-31)13-34(38(47)48)28-2-5-41-17-28)7-8-51-20-32-11-26(23-54-32)14-35(39(49)50)29-3-6-42-18-29/h9-11,21-23,27-29,33-35,40-42H,1-8,12-20H2,(H,45,46)(H,47,48)(H,49,50)/t27-,28-,29-,33-,34-,35-/m0/s1. The molecule has 3 aliphatic heterocycles. The molecule has 0 spiro atoms. The highest BCUT2D eigenvalue weighted by Gasteiger charge is 2.33. The van der Waals surface area contributed by atoms with Gasteiger partial charge in [-0.3, -0.25) is 19.2 Å². The molecule has 3 fully saturated rings. The van der Waals surface area contributed by atoms with Crippen LogP contribution in [0.3, 0.4) is 0 Å². The highest BCUT2D eigenvalue weighted by molar-refractivity contribution is 7.10. The van der Waals surface area contributed by atoms with Crippen molar-refractivity contribution in [3.8, 4) is 0 Å². The third kappa shape index (κ3) is 11.2. The van der Waals surface area contributed by atoms with Crippen molar-refractivity contribution in [1.29, 1.82) is 0 Å². The van der Waals surface area contributed by atoms with Gasteiger partial charge in [0, 0.05) is 21.2 Å². The largest absolute Gasteiger partial charge is 0.481 e. The number of hydrogen-bond acceptors (Lipinski definition) is 11. The Balaban J connectivity index is 1.07. The monoisotopic (exact) mass is 800 g/mol. The molecule has 294 valence electrons. The topological polar surface area (TPSA) is 178 Å². The van der Waals surface area contributed by atoms with Crippen molar-refractivity contribution < 1.29 is 39.2 Å². The van der Waals surface area contributed by atoms with Crippen molar-refractivity contribution in [2.45, 2.75) is 58.1 Å². The maximum absolute atomic E-state index is 13.9. The molecule has 6 rings (SSSR count). The molecule has 0 saturated carbocycles. The van der Waals surface area contributed by atoms with Gasteiger partial charge in [-0.05, 0) is 147 Å². The first-order chi connectivity index (χ1) is 26.1. The number of ether oxygens (including phenoxy) is 1. The van der Waals surface area contributed by atoms with E-state index < -0.39 is 35.7 Å². The fourth-order valence-corrected chi connectivity index (χ4v) is 10.8. The Kier molecular flexibility index (Phi) is 14.7. The number of hydrogen-bond donors (Lipinski definition) is 6. The van der Waals surface area contributed by atoms with E-state index in [4.69, 9.17) is 4.74 Å². The molecule has 1 amide bonds. The van der Waals surface area contributed by atoms with Crippen molar-refractivity contribution in [2.24, 2.45) is 35.5 Å². The quantitative estimate of drug-likeness (QED) is 0.0851. The second-order valence-corrected chi connectivity index (χ2v) is 18.0. The average molecular weight is 801 g/mol. The van der Waals surface area contributed by atoms with E-state index in [2.05, 4.69) is 16.0 Å². The van der Waals surface area contributed by atoms with Crippen molar-refractivity contribution in [3.63, 3.8) is 0 Å². The molecule has 0 aliphatic carbocycles. The van der Waals surface area contributed by atoms with E-state index >= 15 is 0 Å². The summed E-state index contributed by atoms with van der Waals surface area (Å²) in [5.41, 5.74) is 2.91. The van der Waals surface area contributed by atoms with Gasteiger partial charge in [-0.25, -0.2) is 0 Å². The molecule has 3 saturated heterocycles. The summed E-state index contributed by atoms with van der Waals surface area (Å²) in [4.78, 5) is 54.8. The van der Waals surface area contributed by atoms with Crippen LogP contribution in [0.5, 0.6) is 0 Å². The van der Waals surface area contributed by atoms with Crippen LogP contribution in [-0.4, -0.2) is 96.5 Å². The first kappa shape index (κ1) is 40.5. The zero-order valence-corrected chi connectivity index (χ0v) is 33.0. The molecule has 15 heteroatoms. The molecule has 0 radical (unpaired) electrons. The van der Waals surface area contributed by atoms with E-state index in [0.717, 1.165) is 76.8 Å². The van der Waals surface area contributed by atoms with Gasteiger partial charge in [0.2, 0.25) is 5.91 Å². The second-order valence-electron chi connectivity index (χ2n) is 15.0. The fourth-order valence-electron chi connectivity index (χ4n) is 8.13. The van der Waals surface area contributed by atoms with Gasteiger partial charge < -0.3 is 40.9 Å². The van der Waals surface area contributed by atoms with Crippen LogP contribution in [-0.2, 0) is 62.7 Å². The van der Waals surface area contributed by atoms with E-state index in [1.807, 2.05) is 34.3 Å². The average Bonchev–Trinajstić information content (AvgIpc) is 3.99. The summed E-state index contributed by atoms with van der Waals surface area (Å²) >= 11 is 4.57. The Labute approximate surface area is 328 Å². The predicted molar refractivity (Wildman–Crippen MR) is 209 cm³/mol. The molecule has 12 nitrogen and oxygen atoms in total. The number of thiophene rings is 3. The van der Waals surface area contributed by atoms with Gasteiger partial charge in [0.25, 0.3) is 0 Å². The lowest BCUT2D eigenvalue weighted by Crippen LogP contribution is -2.34. The van der Waals surface area contributed by atoms with Crippen molar-refractivity contribution in [2.75, 3.05) is 52.4 Å². The first-order valence-corrected chi connectivity index (χ1v) is 21.6. The number of carboxylic acids is 3. The van der Waals surface area contributed by atoms with Crippen LogP contribution < -0.4 is 16.0 Å². The van der Waals surface area contributed by atoms with E-state index in [0.29, 0.717) is 58.7 Å². The number of amides is 1. The summed E-state index contributed by atoms with van der Waals surface area (Å²) in [6.45, 7) is 6.09. The lowest BCUT2D eigenvalue weighted by Gasteiger charge is -2.22. The highest BCUT2D eigenvalue weighted by Crippen LogP contribution is 2.29. The molecular formula is C39H52N4O8S3. The first-order valence-electron chi connectivity index (χ1n) is 19.0. The smallest absolute Gasteiger partial charge is 0.307 e. The predicted octanol–water partition coefficient (Wildman–Crippen LogP) is 4.22. The normalized spacial score (nSPS) is 21.6. The van der Waals surface area contributed by atoms with Gasteiger partial charge in [0.1, 0.15) is 0 Å².